The van der Waals surface area contributed by atoms with Crippen LogP contribution in [0, 0.1) is 0 Å². The van der Waals surface area contributed by atoms with Crippen molar-refractivity contribution in [3.8, 4) is 0 Å². The van der Waals surface area contributed by atoms with Crippen molar-refractivity contribution in [3.63, 3.8) is 0 Å². The smallest absolute Gasteiger partial charge is 0.326 e. The molecule has 0 unspecified atom stereocenters. The molecule has 0 rings (SSSR count). The molecular formula is C20H39O6P. The lowest BCUT2D eigenvalue weighted by Gasteiger charge is -2.05. The standard InChI is InChI=1S/C20H39O6P/c1-2-3-4-5-6-7-8-9-10-11-12-13-14-15-20(22)26-18-19(21)16-17-27(23,24)25/h2-18H2,1H3,(H2,23,24,25). The highest BCUT2D eigenvalue weighted by atomic mass is 31.2. The molecule has 0 saturated carbocycles. The van der Waals surface area contributed by atoms with E-state index in [1.807, 2.05) is 0 Å². The van der Waals surface area contributed by atoms with Gasteiger partial charge in [0.1, 0.15) is 6.61 Å². The lowest BCUT2D eigenvalue weighted by Crippen LogP contribution is -2.14. The molecule has 0 amide bonds. The summed E-state index contributed by atoms with van der Waals surface area (Å²) in [4.78, 5) is 40.2. The first-order chi connectivity index (χ1) is 12.8. The molecule has 7 heteroatoms. The molecule has 0 bridgehead atoms. The molecule has 0 saturated heterocycles. The zero-order valence-electron chi connectivity index (χ0n) is 17.0. The molecule has 0 radical (unpaired) electrons. The predicted molar refractivity (Wildman–Crippen MR) is 108 cm³/mol. The molecule has 0 atom stereocenters. The fraction of sp³-hybridized carbons (Fsp3) is 0.900. The van der Waals surface area contributed by atoms with Crippen molar-refractivity contribution >= 4 is 19.3 Å². The molecule has 0 aromatic rings. The molecule has 160 valence electrons. The average Bonchev–Trinajstić information content (AvgIpc) is 2.61. The summed E-state index contributed by atoms with van der Waals surface area (Å²) < 4.78 is 15.5. The Kier molecular flexibility index (Phi) is 16.9. The van der Waals surface area contributed by atoms with Crippen molar-refractivity contribution in [2.45, 2.75) is 103 Å². The zero-order chi connectivity index (χ0) is 20.4. The van der Waals surface area contributed by atoms with Gasteiger partial charge in [0.25, 0.3) is 0 Å². The first-order valence-electron chi connectivity index (χ1n) is 10.6. The summed E-state index contributed by atoms with van der Waals surface area (Å²) >= 11 is 0. The van der Waals surface area contributed by atoms with Gasteiger partial charge in [0.05, 0.1) is 6.16 Å². The van der Waals surface area contributed by atoms with Gasteiger partial charge in [-0.3, -0.25) is 14.2 Å². The normalized spacial score (nSPS) is 11.5. The third kappa shape index (κ3) is 21.4. The van der Waals surface area contributed by atoms with E-state index in [0.29, 0.717) is 6.42 Å². The Morgan fingerprint density at radius 2 is 1.19 bits per heavy atom. The number of unbranched alkanes of at least 4 members (excludes halogenated alkanes) is 12. The van der Waals surface area contributed by atoms with Crippen LogP contribution in [0.3, 0.4) is 0 Å². The Balaban J connectivity index is 3.34. The van der Waals surface area contributed by atoms with Crippen molar-refractivity contribution in [2.75, 3.05) is 12.8 Å². The van der Waals surface area contributed by atoms with Gasteiger partial charge in [-0.15, -0.1) is 0 Å². The van der Waals surface area contributed by atoms with E-state index in [9.17, 15) is 14.2 Å². The number of ether oxygens (including phenoxy) is 1. The van der Waals surface area contributed by atoms with Gasteiger partial charge < -0.3 is 14.5 Å². The van der Waals surface area contributed by atoms with E-state index in [1.165, 1.54) is 64.2 Å². The number of carbonyl (C=O) groups is 2. The highest BCUT2D eigenvalue weighted by molar-refractivity contribution is 7.51. The van der Waals surface area contributed by atoms with Gasteiger partial charge in [-0.2, -0.15) is 0 Å². The summed E-state index contributed by atoms with van der Waals surface area (Å²) in [6, 6.07) is 0. The van der Waals surface area contributed by atoms with Crippen LogP contribution in [0.1, 0.15) is 103 Å². The minimum absolute atomic E-state index is 0.268. The lowest BCUT2D eigenvalue weighted by molar-refractivity contribution is -0.148. The summed E-state index contributed by atoms with van der Waals surface area (Å²) in [5, 5.41) is 0. The molecule has 6 nitrogen and oxygen atoms in total. The van der Waals surface area contributed by atoms with Crippen molar-refractivity contribution < 1.29 is 28.7 Å². The molecule has 0 aromatic heterocycles. The second kappa shape index (κ2) is 17.4. The highest BCUT2D eigenvalue weighted by Crippen LogP contribution is 2.34. The first-order valence-corrected chi connectivity index (χ1v) is 12.4. The maximum atomic E-state index is 11.5. The SMILES string of the molecule is CCCCCCCCCCCCCCCC(=O)OCC(=O)CCP(=O)(O)O. The van der Waals surface area contributed by atoms with Crippen molar-refractivity contribution in [2.24, 2.45) is 0 Å². The van der Waals surface area contributed by atoms with E-state index in [0.717, 1.165) is 19.3 Å². The zero-order valence-corrected chi connectivity index (χ0v) is 17.9. The Hall–Kier alpha value is -0.710. The molecule has 0 aliphatic carbocycles. The van der Waals surface area contributed by atoms with Crippen LogP contribution in [0.15, 0.2) is 0 Å². The Morgan fingerprint density at radius 1 is 0.741 bits per heavy atom. The third-order valence-electron chi connectivity index (χ3n) is 4.56. The van der Waals surface area contributed by atoms with Gasteiger partial charge in [-0.25, -0.2) is 0 Å². The second-order valence-electron chi connectivity index (χ2n) is 7.33. The van der Waals surface area contributed by atoms with Crippen molar-refractivity contribution in [1.29, 1.82) is 0 Å². The average molecular weight is 407 g/mol. The van der Waals surface area contributed by atoms with Crippen LogP contribution in [0.4, 0.5) is 0 Å². The molecule has 0 aromatic carbocycles. The minimum Gasteiger partial charge on any atom is -0.458 e. The molecule has 27 heavy (non-hydrogen) atoms. The van der Waals surface area contributed by atoms with Gasteiger partial charge in [-0.05, 0) is 6.42 Å². The van der Waals surface area contributed by atoms with E-state index in [-0.39, 0.29) is 6.42 Å². The van der Waals surface area contributed by atoms with Crippen LogP contribution >= 0.6 is 7.60 Å². The van der Waals surface area contributed by atoms with Gasteiger partial charge in [-0.1, -0.05) is 84.0 Å². The number of esters is 1. The van der Waals surface area contributed by atoms with Crippen molar-refractivity contribution in [1.82, 2.24) is 0 Å². The summed E-state index contributed by atoms with van der Waals surface area (Å²) in [5.74, 6) is -0.875. The lowest BCUT2D eigenvalue weighted by atomic mass is 10.0. The number of ketones is 1. The monoisotopic (exact) mass is 406 g/mol. The maximum absolute atomic E-state index is 11.5. The van der Waals surface area contributed by atoms with E-state index in [1.54, 1.807) is 0 Å². The van der Waals surface area contributed by atoms with Gasteiger partial charge >= 0.3 is 13.6 Å². The summed E-state index contributed by atoms with van der Waals surface area (Å²) in [6.45, 7) is 1.85. The number of carbonyl (C=O) groups excluding carboxylic acids is 2. The summed E-state index contributed by atoms with van der Waals surface area (Å²) in [5.41, 5.74) is 0. The second-order valence-corrected chi connectivity index (χ2v) is 9.11. The summed E-state index contributed by atoms with van der Waals surface area (Å²) in [6.07, 6.45) is 15.6. The third-order valence-corrected chi connectivity index (χ3v) is 5.37. The largest absolute Gasteiger partial charge is 0.458 e. The number of hydrogen-bond donors (Lipinski definition) is 2. The van der Waals surface area contributed by atoms with Crippen LogP contribution in [-0.2, 0) is 18.9 Å². The molecule has 2 N–H and O–H groups in total. The Bertz CT molecular complexity index is 432. The molecule has 0 heterocycles. The number of Topliss-reactive ketones (excluding diaryl/α,β-unsaturated/α-hetero) is 1. The van der Waals surface area contributed by atoms with Gasteiger partial charge in [0.2, 0.25) is 0 Å². The van der Waals surface area contributed by atoms with Crippen molar-refractivity contribution in [3.05, 3.63) is 0 Å². The van der Waals surface area contributed by atoms with E-state index in [4.69, 9.17) is 14.5 Å². The van der Waals surface area contributed by atoms with Crippen LogP contribution in [0.5, 0.6) is 0 Å². The van der Waals surface area contributed by atoms with Crippen LogP contribution in [0.25, 0.3) is 0 Å². The molecule has 0 spiro atoms. The first kappa shape index (κ1) is 26.3. The fourth-order valence-electron chi connectivity index (χ4n) is 2.86. The molecule has 0 aliphatic heterocycles. The number of hydrogen-bond acceptors (Lipinski definition) is 4. The van der Waals surface area contributed by atoms with Gasteiger partial charge in [0.15, 0.2) is 5.78 Å². The van der Waals surface area contributed by atoms with E-state index in [2.05, 4.69) is 6.92 Å². The van der Waals surface area contributed by atoms with Crippen LogP contribution in [-0.4, -0.2) is 34.3 Å². The quantitative estimate of drug-likeness (QED) is 0.175. The number of rotatable bonds is 19. The maximum Gasteiger partial charge on any atom is 0.326 e. The Labute approximate surface area is 164 Å². The molecular weight excluding hydrogens is 367 g/mol. The summed E-state index contributed by atoms with van der Waals surface area (Å²) in [7, 11) is -4.17. The van der Waals surface area contributed by atoms with E-state index >= 15 is 0 Å². The van der Waals surface area contributed by atoms with Crippen LogP contribution in [0.2, 0.25) is 0 Å². The minimum atomic E-state index is -4.17. The van der Waals surface area contributed by atoms with Gasteiger partial charge in [0, 0.05) is 12.8 Å². The fourth-order valence-corrected chi connectivity index (χ4v) is 3.40. The predicted octanol–water partition coefficient (Wildman–Crippen LogP) is 5.15. The van der Waals surface area contributed by atoms with E-state index < -0.39 is 32.1 Å². The highest BCUT2D eigenvalue weighted by Gasteiger charge is 2.16. The van der Waals surface area contributed by atoms with Crippen LogP contribution < -0.4 is 0 Å². The molecule has 0 fully saturated rings. The topological polar surface area (TPSA) is 101 Å². The Morgan fingerprint density at radius 3 is 1.63 bits per heavy atom. The molecule has 0 aliphatic rings.